The molecule has 2 unspecified atom stereocenters. The Bertz CT molecular complexity index is 724. The first kappa shape index (κ1) is 20.8. The molecule has 8 heteroatoms. The number of piperidine rings is 1. The van der Waals surface area contributed by atoms with E-state index in [1.807, 2.05) is 25.8 Å². The van der Waals surface area contributed by atoms with Gasteiger partial charge in [-0.1, -0.05) is 0 Å². The van der Waals surface area contributed by atoms with E-state index < -0.39 is 5.97 Å². The van der Waals surface area contributed by atoms with E-state index in [0.29, 0.717) is 31.1 Å². The fourth-order valence-electron chi connectivity index (χ4n) is 4.67. The minimum Gasteiger partial charge on any atom is -0.481 e. The lowest BCUT2D eigenvalue weighted by Gasteiger charge is -2.46. The number of carbonyl (C=O) groups is 2. The quantitative estimate of drug-likeness (QED) is 0.806. The number of nitrogens with zero attached hydrogens (tertiary/aromatic N) is 5. The van der Waals surface area contributed by atoms with Crippen LogP contribution in [0.4, 0.5) is 0 Å². The maximum atomic E-state index is 13.2. The van der Waals surface area contributed by atoms with Gasteiger partial charge < -0.3 is 14.9 Å². The lowest BCUT2D eigenvalue weighted by molar-refractivity contribution is -0.137. The molecule has 28 heavy (non-hydrogen) atoms. The van der Waals surface area contributed by atoms with Gasteiger partial charge in [0.15, 0.2) is 0 Å². The number of amides is 1. The van der Waals surface area contributed by atoms with Crippen molar-refractivity contribution in [1.82, 2.24) is 24.5 Å². The third-order valence-corrected chi connectivity index (χ3v) is 6.44. The summed E-state index contributed by atoms with van der Waals surface area (Å²) >= 11 is 0. The van der Waals surface area contributed by atoms with E-state index in [1.165, 1.54) is 0 Å². The van der Waals surface area contributed by atoms with Gasteiger partial charge in [0.05, 0.1) is 11.3 Å². The van der Waals surface area contributed by atoms with Gasteiger partial charge >= 0.3 is 5.97 Å². The Kier molecular flexibility index (Phi) is 6.40. The maximum absolute atomic E-state index is 13.2. The summed E-state index contributed by atoms with van der Waals surface area (Å²) < 4.78 is 1.75. The molecule has 1 aromatic rings. The van der Waals surface area contributed by atoms with Crippen molar-refractivity contribution in [3.8, 4) is 0 Å². The number of likely N-dealkylation sites (tertiary alicyclic amines) is 1. The number of carboxylic acids is 1. The molecule has 0 aliphatic carbocycles. The van der Waals surface area contributed by atoms with Gasteiger partial charge in [0, 0.05) is 64.5 Å². The summed E-state index contributed by atoms with van der Waals surface area (Å²) in [6.07, 6.45) is 1.67. The number of aryl methyl sites for hydroxylation is 2. The van der Waals surface area contributed by atoms with Crippen LogP contribution in [0.5, 0.6) is 0 Å². The number of carbonyl (C=O) groups excluding carboxylic acids is 1. The van der Waals surface area contributed by atoms with Gasteiger partial charge in [-0.2, -0.15) is 5.10 Å². The second-order valence-electron chi connectivity index (χ2n) is 8.31. The van der Waals surface area contributed by atoms with Gasteiger partial charge in [-0.15, -0.1) is 0 Å². The largest absolute Gasteiger partial charge is 0.481 e. The van der Waals surface area contributed by atoms with Crippen LogP contribution in [0.2, 0.25) is 0 Å². The molecule has 8 nitrogen and oxygen atoms in total. The summed E-state index contributed by atoms with van der Waals surface area (Å²) in [6.45, 7) is 9.24. The highest BCUT2D eigenvalue weighted by molar-refractivity contribution is 5.96. The number of piperazine rings is 1. The zero-order valence-electron chi connectivity index (χ0n) is 17.5. The number of carboxylic acid groups (broad SMARTS) is 1. The second-order valence-corrected chi connectivity index (χ2v) is 8.31. The van der Waals surface area contributed by atoms with Crippen LogP contribution in [-0.2, 0) is 11.8 Å². The molecule has 3 rings (SSSR count). The molecule has 2 aliphatic heterocycles. The van der Waals surface area contributed by atoms with Gasteiger partial charge in [0.1, 0.15) is 0 Å². The molecular formula is C20H33N5O3. The van der Waals surface area contributed by atoms with Crippen LogP contribution < -0.4 is 0 Å². The number of likely N-dealkylation sites (N-methyl/N-ethyl adjacent to an activating group) is 1. The molecule has 1 aromatic heterocycles. The highest BCUT2D eigenvalue weighted by Gasteiger charge is 2.37. The maximum Gasteiger partial charge on any atom is 0.303 e. The van der Waals surface area contributed by atoms with Crippen LogP contribution in [0.1, 0.15) is 41.0 Å². The smallest absolute Gasteiger partial charge is 0.303 e. The second kappa shape index (κ2) is 8.61. The zero-order valence-corrected chi connectivity index (χ0v) is 17.5. The first-order valence-corrected chi connectivity index (χ1v) is 10.2. The average molecular weight is 392 g/mol. The normalized spacial score (nSPS) is 24.5. The Labute approximate surface area is 167 Å². The molecule has 0 radical (unpaired) electrons. The third kappa shape index (κ3) is 4.38. The van der Waals surface area contributed by atoms with Crippen molar-refractivity contribution in [1.29, 1.82) is 0 Å². The first-order chi connectivity index (χ1) is 13.3. The summed E-state index contributed by atoms with van der Waals surface area (Å²) in [5.74, 6) is -0.547. The molecule has 2 atom stereocenters. The summed E-state index contributed by atoms with van der Waals surface area (Å²) in [6, 6.07) is 0.355. The Morgan fingerprint density at radius 1 is 1.11 bits per heavy atom. The summed E-state index contributed by atoms with van der Waals surface area (Å²) in [5.41, 5.74) is 2.33. The Morgan fingerprint density at radius 3 is 2.36 bits per heavy atom. The third-order valence-electron chi connectivity index (χ3n) is 6.44. The summed E-state index contributed by atoms with van der Waals surface area (Å²) in [7, 11) is 3.99. The summed E-state index contributed by atoms with van der Waals surface area (Å²) in [5, 5.41) is 13.6. The van der Waals surface area contributed by atoms with E-state index in [2.05, 4.69) is 21.9 Å². The molecule has 2 fully saturated rings. The van der Waals surface area contributed by atoms with Crippen molar-refractivity contribution in [3.63, 3.8) is 0 Å². The van der Waals surface area contributed by atoms with Gasteiger partial charge in [0.2, 0.25) is 0 Å². The molecule has 3 heterocycles. The molecule has 0 bridgehead atoms. The highest BCUT2D eigenvalue weighted by atomic mass is 16.4. The number of aromatic nitrogens is 2. The molecule has 0 saturated carbocycles. The fraction of sp³-hybridized carbons (Fsp3) is 0.750. The Hall–Kier alpha value is -1.93. The van der Waals surface area contributed by atoms with Crippen molar-refractivity contribution in [2.24, 2.45) is 13.0 Å². The first-order valence-electron chi connectivity index (χ1n) is 10.2. The van der Waals surface area contributed by atoms with E-state index >= 15 is 0 Å². The zero-order chi connectivity index (χ0) is 20.4. The predicted molar refractivity (Wildman–Crippen MR) is 106 cm³/mol. The van der Waals surface area contributed by atoms with Gasteiger partial charge in [-0.05, 0) is 39.7 Å². The van der Waals surface area contributed by atoms with Crippen LogP contribution in [0.3, 0.4) is 0 Å². The number of rotatable bonds is 5. The lowest BCUT2D eigenvalue weighted by atomic mass is 9.86. The topological polar surface area (TPSA) is 81.9 Å². The average Bonchev–Trinajstić information content (AvgIpc) is 2.92. The van der Waals surface area contributed by atoms with Crippen LogP contribution in [0.25, 0.3) is 0 Å². The summed E-state index contributed by atoms with van der Waals surface area (Å²) in [4.78, 5) is 31.1. The van der Waals surface area contributed by atoms with E-state index in [4.69, 9.17) is 0 Å². The van der Waals surface area contributed by atoms with Crippen LogP contribution >= 0.6 is 0 Å². The number of aliphatic carboxylic acids is 1. The van der Waals surface area contributed by atoms with Crippen molar-refractivity contribution in [3.05, 3.63) is 17.0 Å². The van der Waals surface area contributed by atoms with Crippen molar-refractivity contribution in [2.45, 2.75) is 39.2 Å². The predicted octanol–water partition coefficient (Wildman–Crippen LogP) is 0.980. The van der Waals surface area contributed by atoms with E-state index in [-0.39, 0.29) is 18.2 Å². The van der Waals surface area contributed by atoms with Crippen molar-refractivity contribution < 1.29 is 14.7 Å². The molecule has 1 amide bonds. The van der Waals surface area contributed by atoms with Gasteiger partial charge in [-0.25, -0.2) is 0 Å². The van der Waals surface area contributed by atoms with Crippen molar-refractivity contribution >= 4 is 11.9 Å². The molecular weight excluding hydrogens is 358 g/mol. The van der Waals surface area contributed by atoms with Crippen LogP contribution in [-0.4, -0.2) is 93.8 Å². The minimum absolute atomic E-state index is 0.0280. The van der Waals surface area contributed by atoms with Gasteiger partial charge in [0.25, 0.3) is 5.91 Å². The molecule has 1 N–H and O–H groups in total. The molecule has 0 spiro atoms. The van der Waals surface area contributed by atoms with Gasteiger partial charge in [-0.3, -0.25) is 19.2 Å². The van der Waals surface area contributed by atoms with Crippen LogP contribution in [0.15, 0.2) is 0 Å². The SMILES string of the molecule is Cc1nn(C)c(C)c1C(=O)N1CCC(N2CCN(C)CC2)C(CCC(=O)O)C1. The van der Waals surface area contributed by atoms with E-state index in [0.717, 1.165) is 44.0 Å². The standard InChI is InChI=1S/C20H33N5O3/c1-14-19(15(2)23(4)21-14)20(28)25-8-7-17(16(13-25)5-6-18(26)27)24-11-9-22(3)10-12-24/h16-17H,5-13H2,1-4H3,(H,26,27). The van der Waals surface area contributed by atoms with Crippen LogP contribution in [0, 0.1) is 19.8 Å². The molecule has 2 saturated heterocycles. The minimum atomic E-state index is -0.764. The Morgan fingerprint density at radius 2 is 1.79 bits per heavy atom. The monoisotopic (exact) mass is 391 g/mol. The fourth-order valence-corrected chi connectivity index (χ4v) is 4.67. The lowest BCUT2D eigenvalue weighted by Crippen LogP contribution is -2.57. The van der Waals surface area contributed by atoms with E-state index in [1.54, 1.807) is 4.68 Å². The molecule has 0 aromatic carbocycles. The van der Waals surface area contributed by atoms with Crippen molar-refractivity contribution in [2.75, 3.05) is 46.3 Å². The highest BCUT2D eigenvalue weighted by Crippen LogP contribution is 2.29. The Balaban J connectivity index is 1.74. The molecule has 156 valence electrons. The number of hydrogen-bond donors (Lipinski definition) is 1. The molecule has 2 aliphatic rings. The number of hydrogen-bond acceptors (Lipinski definition) is 5. The van der Waals surface area contributed by atoms with E-state index in [9.17, 15) is 14.7 Å².